The van der Waals surface area contributed by atoms with Crippen LogP contribution in [0.4, 0.5) is 0 Å². The molecule has 0 fully saturated rings. The molecule has 1 aromatic rings. The number of aldehydes is 1. The van der Waals surface area contributed by atoms with Gasteiger partial charge in [0.1, 0.15) is 0 Å². The van der Waals surface area contributed by atoms with Crippen LogP contribution in [-0.4, -0.2) is 25.9 Å². The lowest BCUT2D eigenvalue weighted by atomic mass is 10.2. The number of ether oxygens (including phenoxy) is 2. The summed E-state index contributed by atoms with van der Waals surface area (Å²) in [6.45, 7) is -0.290. The van der Waals surface area contributed by atoms with Gasteiger partial charge in [-0.2, -0.15) is 0 Å². The molecule has 0 aliphatic heterocycles. The summed E-state index contributed by atoms with van der Waals surface area (Å²) in [6.07, 6.45) is 0.624. The first-order chi connectivity index (χ1) is 7.19. The topological polar surface area (TPSA) is 78.6 Å². The van der Waals surface area contributed by atoms with Crippen LogP contribution in [0.2, 0.25) is 0 Å². The molecule has 0 radical (unpaired) electrons. The maximum atomic E-state index is 10.7. The summed E-state index contributed by atoms with van der Waals surface area (Å²) in [5.41, 5.74) is 5.25. The van der Waals surface area contributed by atoms with Crippen molar-refractivity contribution in [2.24, 2.45) is 5.73 Å². The molecule has 0 bridgehead atoms. The Bertz CT molecular complexity index is 376. The van der Waals surface area contributed by atoms with Crippen LogP contribution in [0.1, 0.15) is 10.4 Å². The Morgan fingerprint density at radius 1 is 1.53 bits per heavy atom. The predicted molar refractivity (Wildman–Crippen MR) is 53.1 cm³/mol. The van der Waals surface area contributed by atoms with E-state index in [1.807, 2.05) is 0 Å². The minimum absolute atomic E-state index is 0.230. The lowest BCUT2D eigenvalue weighted by Crippen LogP contribution is -2.20. The van der Waals surface area contributed by atoms with Crippen LogP contribution in [0.5, 0.6) is 11.5 Å². The molecule has 0 aromatic heterocycles. The number of para-hydroxylation sites is 1. The SMILES string of the molecule is COc1cccc(C=O)c1OCC(N)=O. The smallest absolute Gasteiger partial charge is 0.255 e. The molecular formula is C10H11NO4. The van der Waals surface area contributed by atoms with Crippen molar-refractivity contribution in [2.75, 3.05) is 13.7 Å². The van der Waals surface area contributed by atoms with Gasteiger partial charge in [0.15, 0.2) is 24.4 Å². The fourth-order valence-corrected chi connectivity index (χ4v) is 1.08. The van der Waals surface area contributed by atoms with E-state index in [1.165, 1.54) is 7.11 Å². The van der Waals surface area contributed by atoms with E-state index in [0.717, 1.165) is 0 Å². The average Bonchev–Trinajstić information content (AvgIpc) is 2.25. The summed E-state index contributed by atoms with van der Waals surface area (Å²) in [5, 5.41) is 0. The van der Waals surface area contributed by atoms with Crippen molar-refractivity contribution in [3.05, 3.63) is 23.8 Å². The van der Waals surface area contributed by atoms with Gasteiger partial charge in [-0.05, 0) is 12.1 Å². The maximum absolute atomic E-state index is 10.7. The van der Waals surface area contributed by atoms with Gasteiger partial charge in [0.05, 0.1) is 12.7 Å². The molecule has 5 nitrogen and oxygen atoms in total. The third kappa shape index (κ3) is 2.70. The number of hydrogen-bond donors (Lipinski definition) is 1. The number of benzene rings is 1. The van der Waals surface area contributed by atoms with Crippen LogP contribution < -0.4 is 15.2 Å². The number of amides is 1. The summed E-state index contributed by atoms with van der Waals surface area (Å²) >= 11 is 0. The van der Waals surface area contributed by atoms with E-state index in [-0.39, 0.29) is 12.4 Å². The van der Waals surface area contributed by atoms with Crippen LogP contribution in [0, 0.1) is 0 Å². The molecule has 0 unspecified atom stereocenters. The zero-order chi connectivity index (χ0) is 11.3. The molecule has 0 saturated carbocycles. The van der Waals surface area contributed by atoms with Crippen LogP contribution in [0.15, 0.2) is 18.2 Å². The number of carbonyl (C=O) groups excluding carboxylic acids is 2. The predicted octanol–water partition coefficient (Wildman–Crippen LogP) is 0.372. The van der Waals surface area contributed by atoms with Gasteiger partial charge in [0, 0.05) is 0 Å². The molecule has 1 aromatic carbocycles. The van der Waals surface area contributed by atoms with Crippen molar-refractivity contribution in [3.63, 3.8) is 0 Å². The van der Waals surface area contributed by atoms with E-state index in [1.54, 1.807) is 18.2 Å². The van der Waals surface area contributed by atoms with E-state index < -0.39 is 5.91 Å². The van der Waals surface area contributed by atoms with Crippen molar-refractivity contribution in [1.29, 1.82) is 0 Å². The highest BCUT2D eigenvalue weighted by Gasteiger charge is 2.10. The van der Waals surface area contributed by atoms with E-state index in [4.69, 9.17) is 15.2 Å². The number of nitrogens with two attached hydrogens (primary N) is 1. The van der Waals surface area contributed by atoms with Gasteiger partial charge in [-0.25, -0.2) is 0 Å². The van der Waals surface area contributed by atoms with Crippen LogP contribution >= 0.6 is 0 Å². The second-order valence-electron chi connectivity index (χ2n) is 2.75. The molecule has 0 heterocycles. The largest absolute Gasteiger partial charge is 0.493 e. The number of methoxy groups -OCH3 is 1. The van der Waals surface area contributed by atoms with Gasteiger partial charge in [-0.15, -0.1) is 0 Å². The first-order valence-corrected chi connectivity index (χ1v) is 4.22. The third-order valence-corrected chi connectivity index (χ3v) is 1.72. The zero-order valence-electron chi connectivity index (χ0n) is 8.23. The first-order valence-electron chi connectivity index (χ1n) is 4.22. The van der Waals surface area contributed by atoms with Gasteiger partial charge in [0.25, 0.3) is 5.91 Å². The number of carbonyl (C=O) groups is 2. The molecule has 0 spiro atoms. The fraction of sp³-hybridized carbons (Fsp3) is 0.200. The number of primary amides is 1. The minimum Gasteiger partial charge on any atom is -0.493 e. The second kappa shape index (κ2) is 4.99. The summed E-state index contributed by atoms with van der Waals surface area (Å²) in [7, 11) is 1.45. The van der Waals surface area contributed by atoms with Crippen molar-refractivity contribution < 1.29 is 19.1 Å². The number of hydrogen-bond acceptors (Lipinski definition) is 4. The lowest BCUT2D eigenvalue weighted by molar-refractivity contribution is -0.119. The Morgan fingerprint density at radius 3 is 2.80 bits per heavy atom. The molecule has 1 rings (SSSR count). The highest BCUT2D eigenvalue weighted by atomic mass is 16.5. The van der Waals surface area contributed by atoms with Crippen molar-refractivity contribution in [2.45, 2.75) is 0 Å². The van der Waals surface area contributed by atoms with Crippen molar-refractivity contribution in [1.82, 2.24) is 0 Å². The van der Waals surface area contributed by atoms with Crippen LogP contribution in [-0.2, 0) is 4.79 Å². The highest BCUT2D eigenvalue weighted by molar-refractivity contribution is 5.82. The van der Waals surface area contributed by atoms with Crippen molar-refractivity contribution >= 4 is 12.2 Å². The molecule has 80 valence electrons. The molecule has 2 N–H and O–H groups in total. The standard InChI is InChI=1S/C10H11NO4/c1-14-8-4-2-3-7(5-12)10(8)15-6-9(11)13/h2-5H,6H2,1H3,(H2,11,13). The zero-order valence-corrected chi connectivity index (χ0v) is 8.23. The third-order valence-electron chi connectivity index (χ3n) is 1.72. The lowest BCUT2D eigenvalue weighted by Gasteiger charge is -2.10. The Labute approximate surface area is 86.8 Å². The van der Waals surface area contributed by atoms with E-state index in [9.17, 15) is 9.59 Å². The normalized spacial score (nSPS) is 9.40. The summed E-state index contributed by atoms with van der Waals surface area (Å²) in [4.78, 5) is 21.2. The molecule has 0 saturated heterocycles. The van der Waals surface area contributed by atoms with Gasteiger partial charge in [-0.1, -0.05) is 6.07 Å². The first kappa shape index (κ1) is 11.0. The van der Waals surface area contributed by atoms with Crippen molar-refractivity contribution in [3.8, 4) is 11.5 Å². The van der Waals surface area contributed by atoms with Gasteiger partial charge in [-0.3, -0.25) is 9.59 Å². The molecule has 0 aliphatic rings. The molecule has 0 atom stereocenters. The number of rotatable bonds is 5. The Morgan fingerprint density at radius 2 is 2.27 bits per heavy atom. The molecule has 15 heavy (non-hydrogen) atoms. The van der Waals surface area contributed by atoms with Gasteiger partial charge in [0.2, 0.25) is 0 Å². The average molecular weight is 209 g/mol. The van der Waals surface area contributed by atoms with E-state index >= 15 is 0 Å². The monoisotopic (exact) mass is 209 g/mol. The fourth-order valence-electron chi connectivity index (χ4n) is 1.08. The summed E-state index contributed by atoms with van der Waals surface area (Å²) < 4.78 is 10.1. The summed E-state index contributed by atoms with van der Waals surface area (Å²) in [5.74, 6) is 0.00686. The van der Waals surface area contributed by atoms with E-state index in [0.29, 0.717) is 17.6 Å². The Hall–Kier alpha value is -2.04. The quantitative estimate of drug-likeness (QED) is 0.710. The highest BCUT2D eigenvalue weighted by Crippen LogP contribution is 2.29. The molecule has 5 heteroatoms. The van der Waals surface area contributed by atoms with Crippen LogP contribution in [0.3, 0.4) is 0 Å². The van der Waals surface area contributed by atoms with E-state index in [2.05, 4.69) is 0 Å². The Balaban J connectivity index is 2.99. The minimum atomic E-state index is -0.613. The Kier molecular flexibility index (Phi) is 3.68. The van der Waals surface area contributed by atoms with Gasteiger partial charge < -0.3 is 15.2 Å². The molecule has 1 amide bonds. The maximum Gasteiger partial charge on any atom is 0.255 e. The molecular weight excluding hydrogens is 198 g/mol. The molecule has 0 aliphatic carbocycles. The van der Waals surface area contributed by atoms with Gasteiger partial charge >= 0.3 is 0 Å². The summed E-state index contributed by atoms with van der Waals surface area (Å²) in [6, 6.07) is 4.84. The van der Waals surface area contributed by atoms with Crippen LogP contribution in [0.25, 0.3) is 0 Å². The second-order valence-corrected chi connectivity index (χ2v) is 2.75.